The fourth-order valence-corrected chi connectivity index (χ4v) is 3.30. The molecule has 26 heavy (non-hydrogen) atoms. The van der Waals surface area contributed by atoms with Crippen LogP contribution in [0.15, 0.2) is 11.3 Å². The molecule has 6 nitrogen and oxygen atoms in total. The van der Waals surface area contributed by atoms with Crippen molar-refractivity contribution in [2.75, 3.05) is 26.5 Å². The summed E-state index contributed by atoms with van der Waals surface area (Å²) in [5.41, 5.74) is 0.130. The summed E-state index contributed by atoms with van der Waals surface area (Å²) in [5, 5.41) is 2.73. The lowest BCUT2D eigenvalue weighted by atomic mass is 9.94. The Morgan fingerprint density at radius 2 is 1.88 bits per heavy atom. The first-order valence-electron chi connectivity index (χ1n) is 9.29. The van der Waals surface area contributed by atoms with Crippen molar-refractivity contribution in [1.29, 1.82) is 0 Å². The van der Waals surface area contributed by atoms with Gasteiger partial charge in [-0.15, -0.1) is 0 Å². The Kier molecular flexibility index (Phi) is 6.80. The molecule has 1 aliphatic carbocycles. The Morgan fingerprint density at radius 1 is 1.23 bits per heavy atom. The number of rotatable bonds is 6. The smallest absolute Gasteiger partial charge is 0.338 e. The lowest BCUT2D eigenvalue weighted by Gasteiger charge is -2.41. The molecule has 1 aliphatic heterocycles. The van der Waals surface area contributed by atoms with Crippen molar-refractivity contribution >= 4 is 11.9 Å². The van der Waals surface area contributed by atoms with Gasteiger partial charge in [-0.1, -0.05) is 20.8 Å². The van der Waals surface area contributed by atoms with Gasteiger partial charge >= 0.3 is 5.97 Å². The van der Waals surface area contributed by atoms with Gasteiger partial charge in [-0.05, 0) is 19.8 Å². The van der Waals surface area contributed by atoms with E-state index in [1.165, 1.54) is 0 Å². The third kappa shape index (κ3) is 4.82. The van der Waals surface area contributed by atoms with Crippen LogP contribution in [-0.4, -0.2) is 44.2 Å². The number of esters is 1. The molecule has 1 atom stereocenters. The number of carbonyl (C=O) groups excluding carboxylic acids is 2. The first-order chi connectivity index (χ1) is 12.3. The maximum atomic E-state index is 13.3. The van der Waals surface area contributed by atoms with Crippen LogP contribution in [0.5, 0.6) is 0 Å². The third-order valence-corrected chi connectivity index (χ3v) is 4.90. The third-order valence-electron chi connectivity index (χ3n) is 4.90. The Morgan fingerprint density at radius 3 is 2.42 bits per heavy atom. The summed E-state index contributed by atoms with van der Waals surface area (Å²) < 4.78 is 30.1. The quantitative estimate of drug-likeness (QED) is 0.574. The second kappa shape index (κ2) is 8.48. The van der Waals surface area contributed by atoms with E-state index in [0.29, 0.717) is 38.9 Å². The van der Waals surface area contributed by atoms with E-state index in [-0.39, 0.29) is 35.1 Å². The van der Waals surface area contributed by atoms with Gasteiger partial charge in [0, 0.05) is 29.9 Å². The maximum Gasteiger partial charge on any atom is 0.338 e. The van der Waals surface area contributed by atoms with Gasteiger partial charge < -0.3 is 19.5 Å². The average Bonchev–Trinajstić information content (AvgIpc) is 3.02. The first kappa shape index (κ1) is 20.8. The molecule has 0 aromatic carbocycles. The van der Waals surface area contributed by atoms with Crippen LogP contribution in [0.25, 0.3) is 0 Å². The predicted molar refractivity (Wildman–Crippen MR) is 93.8 cm³/mol. The summed E-state index contributed by atoms with van der Waals surface area (Å²) in [6, 6.07) is 0. The molecule has 1 spiro atoms. The summed E-state index contributed by atoms with van der Waals surface area (Å²) in [5.74, 6) is -1.94. The van der Waals surface area contributed by atoms with Crippen molar-refractivity contribution in [1.82, 2.24) is 5.32 Å². The average molecular weight is 371 g/mol. The first-order valence-corrected chi connectivity index (χ1v) is 9.29. The van der Waals surface area contributed by atoms with E-state index in [1.807, 2.05) is 0 Å². The monoisotopic (exact) mass is 371 g/mol. The van der Waals surface area contributed by atoms with Gasteiger partial charge in [-0.25, -0.2) is 9.18 Å². The van der Waals surface area contributed by atoms with Crippen molar-refractivity contribution in [3.8, 4) is 0 Å². The van der Waals surface area contributed by atoms with E-state index in [2.05, 4.69) is 19.2 Å². The number of nitrogens with one attached hydrogen (secondary N) is 1. The zero-order chi connectivity index (χ0) is 19.4. The van der Waals surface area contributed by atoms with Crippen LogP contribution < -0.4 is 5.32 Å². The zero-order valence-corrected chi connectivity index (χ0v) is 16.2. The van der Waals surface area contributed by atoms with Gasteiger partial charge in [0.25, 0.3) is 0 Å². The van der Waals surface area contributed by atoms with E-state index < -0.39 is 18.4 Å². The van der Waals surface area contributed by atoms with Gasteiger partial charge in [0.15, 0.2) is 5.79 Å². The highest BCUT2D eigenvalue weighted by atomic mass is 19.1. The van der Waals surface area contributed by atoms with E-state index >= 15 is 0 Å². The molecule has 1 heterocycles. The minimum absolute atomic E-state index is 0.0284. The summed E-state index contributed by atoms with van der Waals surface area (Å²) >= 11 is 0. The summed E-state index contributed by atoms with van der Waals surface area (Å²) in [4.78, 5) is 24.5. The minimum Gasteiger partial charge on any atom is -0.463 e. The molecule has 1 saturated carbocycles. The van der Waals surface area contributed by atoms with E-state index in [0.717, 1.165) is 0 Å². The molecule has 1 N–H and O–H groups in total. The highest BCUT2D eigenvalue weighted by Gasteiger charge is 2.48. The molecule has 2 aliphatic rings. The molecule has 148 valence electrons. The molecule has 2 fully saturated rings. The van der Waals surface area contributed by atoms with Crippen LogP contribution in [0, 0.1) is 11.3 Å². The Labute approximate surface area is 154 Å². The van der Waals surface area contributed by atoms with Crippen LogP contribution in [0.1, 0.15) is 53.4 Å². The lowest BCUT2D eigenvalue weighted by molar-refractivity contribution is -0.295. The lowest BCUT2D eigenvalue weighted by Crippen LogP contribution is -2.46. The predicted octanol–water partition coefficient (Wildman–Crippen LogP) is 2.87. The largest absolute Gasteiger partial charge is 0.463 e. The zero-order valence-electron chi connectivity index (χ0n) is 16.2. The standard InChI is InChI=1S/C19H30FNO5/c1-5-15(14(10-20)17(23)24-6-2)21-16(22)13-7-8-19(9-13)25-11-18(3,4)12-26-19/h13H,5-12H2,1-4H3,(H,21,22)/b15-14-. The van der Waals surface area contributed by atoms with Gasteiger partial charge in [0.05, 0.1) is 25.4 Å². The van der Waals surface area contributed by atoms with Gasteiger partial charge in [0.2, 0.25) is 5.91 Å². The summed E-state index contributed by atoms with van der Waals surface area (Å²) in [7, 11) is 0. The van der Waals surface area contributed by atoms with Crippen molar-refractivity contribution < 1.29 is 28.2 Å². The van der Waals surface area contributed by atoms with Crippen LogP contribution in [0.2, 0.25) is 0 Å². The number of carbonyl (C=O) groups is 2. The van der Waals surface area contributed by atoms with E-state index in [4.69, 9.17) is 14.2 Å². The van der Waals surface area contributed by atoms with Crippen LogP contribution in [0.3, 0.4) is 0 Å². The van der Waals surface area contributed by atoms with Gasteiger partial charge in [-0.3, -0.25) is 4.79 Å². The van der Waals surface area contributed by atoms with Crippen LogP contribution >= 0.6 is 0 Å². The Balaban J connectivity index is 2.02. The molecular weight excluding hydrogens is 341 g/mol. The normalized spacial score (nSPS) is 24.9. The summed E-state index contributed by atoms with van der Waals surface area (Å²) in [6.07, 6.45) is 2.09. The van der Waals surface area contributed by atoms with Crippen LogP contribution in [-0.2, 0) is 23.8 Å². The minimum atomic E-state index is -0.974. The number of allylic oxidation sites excluding steroid dienone is 1. The highest BCUT2D eigenvalue weighted by molar-refractivity contribution is 5.91. The number of hydrogen-bond donors (Lipinski definition) is 1. The Hall–Kier alpha value is -1.47. The number of ether oxygens (including phenoxy) is 3. The molecule has 1 unspecified atom stereocenters. The van der Waals surface area contributed by atoms with Crippen molar-refractivity contribution in [2.45, 2.75) is 59.2 Å². The fourth-order valence-electron chi connectivity index (χ4n) is 3.30. The molecule has 0 bridgehead atoms. The molecule has 1 amide bonds. The molecule has 0 aromatic rings. The number of alkyl halides is 1. The van der Waals surface area contributed by atoms with Crippen LogP contribution in [0.4, 0.5) is 4.39 Å². The second-order valence-corrected chi connectivity index (χ2v) is 7.75. The maximum absolute atomic E-state index is 13.3. The van der Waals surface area contributed by atoms with Crippen molar-refractivity contribution in [2.24, 2.45) is 11.3 Å². The van der Waals surface area contributed by atoms with Crippen molar-refractivity contribution in [3.63, 3.8) is 0 Å². The van der Waals surface area contributed by atoms with E-state index in [1.54, 1.807) is 13.8 Å². The molecule has 7 heteroatoms. The Bertz CT molecular complexity index is 562. The number of hydrogen-bond acceptors (Lipinski definition) is 5. The molecule has 0 aromatic heterocycles. The topological polar surface area (TPSA) is 73.9 Å². The SMILES string of the molecule is CCOC(=O)/C(CF)=C(/CC)NC(=O)C1CCC2(C1)OCC(C)(C)CO2. The molecule has 0 radical (unpaired) electrons. The van der Waals surface area contributed by atoms with E-state index in [9.17, 15) is 14.0 Å². The number of halogens is 1. The molecule has 1 saturated heterocycles. The highest BCUT2D eigenvalue weighted by Crippen LogP contribution is 2.43. The van der Waals surface area contributed by atoms with Gasteiger partial charge in [0.1, 0.15) is 6.67 Å². The van der Waals surface area contributed by atoms with Crippen molar-refractivity contribution in [3.05, 3.63) is 11.3 Å². The fraction of sp³-hybridized carbons (Fsp3) is 0.789. The summed E-state index contributed by atoms with van der Waals surface area (Å²) in [6.45, 7) is 7.93. The second-order valence-electron chi connectivity index (χ2n) is 7.75. The van der Waals surface area contributed by atoms with Gasteiger partial charge in [-0.2, -0.15) is 0 Å². The molecule has 2 rings (SSSR count). The molecular formula is C19H30FNO5. The number of amides is 1.